The van der Waals surface area contributed by atoms with Crippen LogP contribution in [0.1, 0.15) is 30.0 Å². The van der Waals surface area contributed by atoms with Gasteiger partial charge in [0.2, 0.25) is 0 Å². The minimum absolute atomic E-state index is 0.180. The van der Waals surface area contributed by atoms with Gasteiger partial charge in [-0.1, -0.05) is 0 Å². The number of carbonyl (C=O) groups is 1. The molecule has 0 saturated heterocycles. The van der Waals surface area contributed by atoms with E-state index in [0.717, 1.165) is 29.8 Å². The summed E-state index contributed by atoms with van der Waals surface area (Å²) in [4.78, 5) is 11.4. The molecule has 1 heterocycles. The van der Waals surface area contributed by atoms with Gasteiger partial charge in [-0.2, -0.15) is 5.10 Å². The van der Waals surface area contributed by atoms with Crippen LogP contribution in [0.2, 0.25) is 0 Å². The van der Waals surface area contributed by atoms with Crippen molar-refractivity contribution in [2.24, 2.45) is 0 Å². The van der Waals surface area contributed by atoms with Crippen LogP contribution in [0, 0.1) is 0 Å². The number of hydrogen-bond donors (Lipinski definition) is 2. The molecule has 2 N–H and O–H groups in total. The lowest BCUT2D eigenvalue weighted by molar-refractivity contribution is -0.139. The Morgan fingerprint density at radius 2 is 2.05 bits per heavy atom. The number of phenols is 1. The minimum Gasteiger partial charge on any atom is -0.508 e. The van der Waals surface area contributed by atoms with Crippen molar-refractivity contribution >= 4 is 5.97 Å². The maximum atomic E-state index is 11.4. The van der Waals surface area contributed by atoms with Crippen molar-refractivity contribution in [1.29, 1.82) is 0 Å². The van der Waals surface area contributed by atoms with Crippen LogP contribution in [0.4, 0.5) is 0 Å². The van der Waals surface area contributed by atoms with E-state index in [0.29, 0.717) is 6.42 Å². The molecule has 1 aliphatic rings. The van der Waals surface area contributed by atoms with Gasteiger partial charge in [0.1, 0.15) is 5.75 Å². The lowest BCUT2D eigenvalue weighted by atomic mass is 9.88. The normalized spacial score (nSPS) is 18.0. The summed E-state index contributed by atoms with van der Waals surface area (Å²) >= 11 is 0. The van der Waals surface area contributed by atoms with Crippen LogP contribution >= 0.6 is 0 Å². The fraction of sp³-hybridized carbons (Fsp3) is 0.286. The second kappa shape index (κ2) is 4.42. The van der Waals surface area contributed by atoms with E-state index in [1.165, 1.54) is 0 Å². The lowest BCUT2D eigenvalue weighted by Crippen LogP contribution is -2.20. The number of phenolic OH excluding ortho intramolecular Hbond substituents is 1. The molecule has 1 unspecified atom stereocenters. The number of nitrogens with zero attached hydrogens (tertiary/aromatic N) is 2. The summed E-state index contributed by atoms with van der Waals surface area (Å²) in [5.41, 5.74) is 2.54. The third-order valence-electron chi connectivity index (χ3n) is 3.55. The average Bonchev–Trinajstić information content (AvgIpc) is 2.83. The maximum Gasteiger partial charge on any atom is 0.312 e. The fourth-order valence-electron chi connectivity index (χ4n) is 2.63. The molecule has 0 bridgehead atoms. The zero-order valence-corrected chi connectivity index (χ0v) is 10.3. The number of aromatic nitrogens is 2. The Balaban J connectivity index is 2.11. The van der Waals surface area contributed by atoms with Crippen LogP contribution in [0.3, 0.4) is 0 Å². The third kappa shape index (κ3) is 1.97. The molecule has 5 nitrogen and oxygen atoms in total. The maximum absolute atomic E-state index is 11.4. The van der Waals surface area contributed by atoms with E-state index in [1.807, 2.05) is 0 Å². The minimum atomic E-state index is -0.804. The van der Waals surface area contributed by atoms with Gasteiger partial charge in [0.25, 0.3) is 0 Å². The summed E-state index contributed by atoms with van der Waals surface area (Å²) in [7, 11) is 0. The molecule has 3 rings (SSSR count). The summed E-state index contributed by atoms with van der Waals surface area (Å²) in [5, 5.41) is 22.9. The summed E-state index contributed by atoms with van der Waals surface area (Å²) in [6, 6.07) is 6.61. The topological polar surface area (TPSA) is 75.3 Å². The van der Waals surface area contributed by atoms with Crippen LogP contribution in [-0.4, -0.2) is 26.0 Å². The molecule has 1 aliphatic carbocycles. The number of aryl methyl sites for hydroxylation is 1. The van der Waals surface area contributed by atoms with Crippen molar-refractivity contribution in [3.63, 3.8) is 0 Å². The summed E-state index contributed by atoms with van der Waals surface area (Å²) in [6.07, 6.45) is 4.14. The molecule has 0 amide bonds. The Hall–Kier alpha value is -2.30. The number of aliphatic carboxylic acids is 1. The van der Waals surface area contributed by atoms with Gasteiger partial charge in [0, 0.05) is 0 Å². The summed E-state index contributed by atoms with van der Waals surface area (Å²) < 4.78 is 1.67. The van der Waals surface area contributed by atoms with Gasteiger partial charge in [0.15, 0.2) is 0 Å². The van der Waals surface area contributed by atoms with E-state index in [-0.39, 0.29) is 5.75 Å². The largest absolute Gasteiger partial charge is 0.508 e. The highest BCUT2D eigenvalue weighted by Gasteiger charge is 2.30. The zero-order valence-electron chi connectivity index (χ0n) is 10.3. The van der Waals surface area contributed by atoms with Crippen molar-refractivity contribution in [3.05, 3.63) is 41.7 Å². The molecule has 5 heteroatoms. The fourth-order valence-corrected chi connectivity index (χ4v) is 2.63. The molecule has 1 atom stereocenters. The number of aromatic hydroxyl groups is 1. The number of carboxylic acid groups (broad SMARTS) is 1. The quantitative estimate of drug-likeness (QED) is 0.864. The number of hydrogen-bond acceptors (Lipinski definition) is 3. The van der Waals surface area contributed by atoms with Gasteiger partial charge >= 0.3 is 5.97 Å². The molecule has 0 spiro atoms. The van der Waals surface area contributed by atoms with Crippen LogP contribution in [-0.2, 0) is 11.2 Å². The monoisotopic (exact) mass is 258 g/mol. The van der Waals surface area contributed by atoms with Crippen molar-refractivity contribution in [2.75, 3.05) is 0 Å². The van der Waals surface area contributed by atoms with E-state index in [9.17, 15) is 15.0 Å². The second-order valence-electron chi connectivity index (χ2n) is 4.77. The first-order chi connectivity index (χ1) is 9.16. The SMILES string of the molecule is O=C(O)C1CCCc2cnn(-c3ccc(O)cc3)c21. The number of fused-ring (bicyclic) bond motifs is 1. The van der Waals surface area contributed by atoms with Crippen molar-refractivity contribution < 1.29 is 15.0 Å². The Kier molecular flexibility index (Phi) is 2.74. The highest BCUT2D eigenvalue weighted by molar-refractivity contribution is 5.76. The van der Waals surface area contributed by atoms with Gasteiger partial charge in [-0.05, 0) is 49.1 Å². The predicted molar refractivity (Wildman–Crippen MR) is 68.5 cm³/mol. The molecular weight excluding hydrogens is 244 g/mol. The Morgan fingerprint density at radius 3 is 2.74 bits per heavy atom. The van der Waals surface area contributed by atoms with E-state index >= 15 is 0 Å². The molecule has 19 heavy (non-hydrogen) atoms. The molecule has 1 aromatic carbocycles. The van der Waals surface area contributed by atoms with E-state index in [1.54, 1.807) is 35.1 Å². The van der Waals surface area contributed by atoms with Gasteiger partial charge < -0.3 is 10.2 Å². The van der Waals surface area contributed by atoms with Crippen LogP contribution in [0.25, 0.3) is 5.69 Å². The first kappa shape index (κ1) is 11.8. The van der Waals surface area contributed by atoms with Crippen LogP contribution in [0.15, 0.2) is 30.5 Å². The number of rotatable bonds is 2. The molecule has 0 fully saturated rings. The molecule has 0 radical (unpaired) electrons. The van der Waals surface area contributed by atoms with Gasteiger partial charge in [0.05, 0.1) is 23.5 Å². The lowest BCUT2D eigenvalue weighted by Gasteiger charge is -2.20. The number of benzene rings is 1. The molecule has 98 valence electrons. The number of carboxylic acids is 1. The first-order valence-electron chi connectivity index (χ1n) is 6.26. The van der Waals surface area contributed by atoms with Crippen molar-refractivity contribution in [3.8, 4) is 11.4 Å². The van der Waals surface area contributed by atoms with Gasteiger partial charge in [-0.3, -0.25) is 4.79 Å². The zero-order chi connectivity index (χ0) is 13.4. The standard InChI is InChI=1S/C14H14N2O3/c17-11-6-4-10(5-7-11)16-13-9(8-15-16)2-1-3-12(13)14(18)19/h4-8,12,17H,1-3H2,(H,18,19). The molecule has 2 aromatic rings. The second-order valence-corrected chi connectivity index (χ2v) is 4.77. The van der Waals surface area contributed by atoms with E-state index in [2.05, 4.69) is 5.10 Å². The Bertz CT molecular complexity index is 616. The average molecular weight is 258 g/mol. The van der Waals surface area contributed by atoms with Crippen molar-refractivity contribution in [1.82, 2.24) is 9.78 Å². The summed E-state index contributed by atoms with van der Waals surface area (Å²) in [6.45, 7) is 0. The third-order valence-corrected chi connectivity index (χ3v) is 3.55. The van der Waals surface area contributed by atoms with E-state index in [4.69, 9.17) is 0 Å². The summed E-state index contributed by atoms with van der Waals surface area (Å²) in [5.74, 6) is -1.12. The molecule has 1 aromatic heterocycles. The van der Waals surface area contributed by atoms with Crippen LogP contribution in [0.5, 0.6) is 5.75 Å². The Morgan fingerprint density at radius 1 is 1.32 bits per heavy atom. The molecule has 0 aliphatic heterocycles. The molecule has 0 saturated carbocycles. The smallest absolute Gasteiger partial charge is 0.312 e. The highest BCUT2D eigenvalue weighted by Crippen LogP contribution is 2.33. The van der Waals surface area contributed by atoms with Gasteiger partial charge in [-0.25, -0.2) is 4.68 Å². The van der Waals surface area contributed by atoms with E-state index < -0.39 is 11.9 Å². The van der Waals surface area contributed by atoms with Crippen LogP contribution < -0.4 is 0 Å². The first-order valence-corrected chi connectivity index (χ1v) is 6.26. The Labute approximate surface area is 110 Å². The van der Waals surface area contributed by atoms with Crippen molar-refractivity contribution in [2.45, 2.75) is 25.2 Å². The van der Waals surface area contributed by atoms with Gasteiger partial charge in [-0.15, -0.1) is 0 Å². The molecular formula is C14H14N2O3. The predicted octanol–water partition coefficient (Wildman–Crippen LogP) is 2.08. The highest BCUT2D eigenvalue weighted by atomic mass is 16.4.